The Hall–Kier alpha value is -1.23. The molecule has 0 atom stereocenters. The summed E-state index contributed by atoms with van der Waals surface area (Å²) in [5.41, 5.74) is 0.916. The highest BCUT2D eigenvalue weighted by atomic mass is 32.1. The maximum absolute atomic E-state index is 5.10. The van der Waals surface area contributed by atoms with Crippen molar-refractivity contribution in [3.63, 3.8) is 0 Å². The first kappa shape index (κ1) is 11.8. The molecule has 2 N–H and O–H groups in total. The predicted octanol–water partition coefficient (Wildman–Crippen LogP) is 1.73. The quantitative estimate of drug-likeness (QED) is 0.766. The van der Waals surface area contributed by atoms with Crippen LogP contribution in [0.1, 0.15) is 19.5 Å². The van der Waals surface area contributed by atoms with E-state index in [1.807, 2.05) is 13.0 Å². The smallest absolute Gasteiger partial charge is 0.229 e. The topological polar surface area (TPSA) is 49.8 Å². The molecule has 0 radical (unpaired) electrons. The number of thiocarbonyl (C=S) groups is 1. The van der Waals surface area contributed by atoms with Crippen molar-refractivity contribution >= 4 is 23.3 Å². The number of anilines is 1. The van der Waals surface area contributed by atoms with E-state index in [9.17, 15) is 0 Å². The molecule has 4 nitrogen and oxygen atoms in total. The van der Waals surface area contributed by atoms with Gasteiger partial charge in [-0.3, -0.25) is 0 Å². The summed E-state index contributed by atoms with van der Waals surface area (Å²) in [5.74, 6) is 1.10. The molecule has 0 aliphatic rings. The summed E-state index contributed by atoms with van der Waals surface area (Å²) in [5, 5.41) is 6.59. The minimum atomic E-state index is 0.538. The van der Waals surface area contributed by atoms with Gasteiger partial charge in [0.05, 0.1) is 0 Å². The van der Waals surface area contributed by atoms with E-state index < -0.39 is 0 Å². The molecule has 0 aliphatic heterocycles. The van der Waals surface area contributed by atoms with Gasteiger partial charge < -0.3 is 10.6 Å². The van der Waals surface area contributed by atoms with Crippen molar-refractivity contribution in [3.8, 4) is 0 Å². The van der Waals surface area contributed by atoms with Gasteiger partial charge in [-0.25, -0.2) is 9.97 Å². The van der Waals surface area contributed by atoms with Gasteiger partial charge in [0.25, 0.3) is 0 Å². The number of aromatic nitrogens is 2. The molecule has 0 bridgehead atoms. The lowest BCUT2D eigenvalue weighted by Gasteiger charge is -2.10. The van der Waals surface area contributed by atoms with Crippen LogP contribution in [-0.4, -0.2) is 21.6 Å². The standard InChI is InChI=1S/C10H16N4S/c1-7(2)6-12-10(15)14-9-11-5-4-8(3)13-9/h4-5,7H,6H2,1-3H3,(H2,11,12,13,14,15). The molecule has 0 spiro atoms. The SMILES string of the molecule is Cc1ccnc(NC(=S)NCC(C)C)n1. The van der Waals surface area contributed by atoms with Gasteiger partial charge in [0.1, 0.15) is 0 Å². The number of rotatable bonds is 3. The summed E-state index contributed by atoms with van der Waals surface area (Å²) in [6.07, 6.45) is 1.70. The average Bonchev–Trinajstić information content (AvgIpc) is 2.15. The van der Waals surface area contributed by atoms with Crippen LogP contribution in [0.5, 0.6) is 0 Å². The zero-order valence-corrected chi connectivity index (χ0v) is 10.1. The maximum atomic E-state index is 5.10. The lowest BCUT2D eigenvalue weighted by atomic mass is 10.2. The molecule has 1 aromatic rings. The summed E-state index contributed by atoms with van der Waals surface area (Å²) in [6.45, 7) is 7.01. The molecule has 1 rings (SSSR count). The number of aryl methyl sites for hydroxylation is 1. The molecule has 0 aromatic carbocycles. The first-order chi connectivity index (χ1) is 7.08. The van der Waals surface area contributed by atoms with E-state index in [0.717, 1.165) is 12.2 Å². The van der Waals surface area contributed by atoms with Crippen LogP contribution in [0.3, 0.4) is 0 Å². The minimum absolute atomic E-state index is 0.538. The number of hydrogen-bond acceptors (Lipinski definition) is 3. The van der Waals surface area contributed by atoms with Crippen molar-refractivity contribution in [3.05, 3.63) is 18.0 Å². The third-order valence-corrected chi connectivity index (χ3v) is 1.94. The van der Waals surface area contributed by atoms with Crippen LogP contribution in [-0.2, 0) is 0 Å². The fourth-order valence-corrected chi connectivity index (χ4v) is 1.13. The largest absolute Gasteiger partial charge is 0.362 e. The second-order valence-corrected chi connectivity index (χ2v) is 4.16. The zero-order valence-electron chi connectivity index (χ0n) is 9.24. The highest BCUT2D eigenvalue weighted by Crippen LogP contribution is 1.98. The zero-order chi connectivity index (χ0) is 11.3. The van der Waals surface area contributed by atoms with Gasteiger partial charge in [-0.05, 0) is 31.1 Å². The monoisotopic (exact) mass is 224 g/mol. The Morgan fingerprint density at radius 3 is 2.87 bits per heavy atom. The van der Waals surface area contributed by atoms with Crippen LogP contribution in [0, 0.1) is 12.8 Å². The fourth-order valence-electron chi connectivity index (χ4n) is 0.952. The second-order valence-electron chi connectivity index (χ2n) is 3.75. The third kappa shape index (κ3) is 4.69. The molecule has 0 aliphatic carbocycles. The first-order valence-corrected chi connectivity index (χ1v) is 5.33. The van der Waals surface area contributed by atoms with Crippen molar-refractivity contribution in [1.29, 1.82) is 0 Å². The molecule has 0 fully saturated rings. The maximum Gasteiger partial charge on any atom is 0.229 e. The highest BCUT2D eigenvalue weighted by molar-refractivity contribution is 7.80. The predicted molar refractivity (Wildman–Crippen MR) is 65.8 cm³/mol. The van der Waals surface area contributed by atoms with Gasteiger partial charge in [0, 0.05) is 18.4 Å². The van der Waals surface area contributed by atoms with E-state index in [1.54, 1.807) is 6.20 Å². The summed E-state index contributed by atoms with van der Waals surface area (Å²) in [6, 6.07) is 1.84. The number of nitrogens with zero attached hydrogens (tertiary/aromatic N) is 2. The molecule has 5 heteroatoms. The van der Waals surface area contributed by atoms with Gasteiger partial charge in [-0.15, -0.1) is 0 Å². The molecule has 1 heterocycles. The molecule has 0 saturated carbocycles. The Bertz CT molecular complexity index is 338. The Morgan fingerprint density at radius 1 is 1.53 bits per heavy atom. The summed E-state index contributed by atoms with van der Waals surface area (Å²) in [4.78, 5) is 8.25. The van der Waals surface area contributed by atoms with Gasteiger partial charge in [-0.1, -0.05) is 13.8 Å². The third-order valence-electron chi connectivity index (χ3n) is 1.69. The van der Waals surface area contributed by atoms with Crippen LogP contribution in [0.4, 0.5) is 5.95 Å². The molecular formula is C10H16N4S. The van der Waals surface area contributed by atoms with Gasteiger partial charge in [0.15, 0.2) is 5.11 Å². The number of hydrogen-bond donors (Lipinski definition) is 2. The Kier molecular flexibility index (Phi) is 4.42. The molecular weight excluding hydrogens is 208 g/mol. The summed E-state index contributed by atoms with van der Waals surface area (Å²) >= 11 is 5.10. The van der Waals surface area contributed by atoms with Crippen molar-refractivity contribution in [2.24, 2.45) is 5.92 Å². The van der Waals surface area contributed by atoms with Crippen LogP contribution in [0.25, 0.3) is 0 Å². The second kappa shape index (κ2) is 5.60. The van der Waals surface area contributed by atoms with E-state index in [0.29, 0.717) is 17.0 Å². The van der Waals surface area contributed by atoms with Crippen LogP contribution < -0.4 is 10.6 Å². The lowest BCUT2D eigenvalue weighted by molar-refractivity contribution is 0.627. The molecule has 82 valence electrons. The molecule has 0 unspecified atom stereocenters. The molecule has 0 amide bonds. The van der Waals surface area contributed by atoms with Crippen LogP contribution in [0.15, 0.2) is 12.3 Å². The van der Waals surface area contributed by atoms with E-state index in [-0.39, 0.29) is 0 Å². The fraction of sp³-hybridized carbons (Fsp3) is 0.500. The van der Waals surface area contributed by atoms with E-state index in [1.165, 1.54) is 0 Å². The van der Waals surface area contributed by atoms with Crippen molar-refractivity contribution in [2.45, 2.75) is 20.8 Å². The van der Waals surface area contributed by atoms with Gasteiger partial charge in [0.2, 0.25) is 5.95 Å². The molecule has 15 heavy (non-hydrogen) atoms. The average molecular weight is 224 g/mol. The Balaban J connectivity index is 2.44. The van der Waals surface area contributed by atoms with Gasteiger partial charge >= 0.3 is 0 Å². The van der Waals surface area contributed by atoms with Crippen LogP contribution >= 0.6 is 12.2 Å². The Morgan fingerprint density at radius 2 is 2.27 bits per heavy atom. The minimum Gasteiger partial charge on any atom is -0.362 e. The Labute approximate surface area is 95.5 Å². The van der Waals surface area contributed by atoms with E-state index in [2.05, 4.69) is 34.4 Å². The first-order valence-electron chi connectivity index (χ1n) is 4.92. The molecule has 1 aromatic heterocycles. The van der Waals surface area contributed by atoms with E-state index in [4.69, 9.17) is 12.2 Å². The van der Waals surface area contributed by atoms with Crippen molar-refractivity contribution in [1.82, 2.24) is 15.3 Å². The lowest BCUT2D eigenvalue weighted by Crippen LogP contribution is -2.32. The number of nitrogens with one attached hydrogen (secondary N) is 2. The normalized spacial score (nSPS) is 10.1. The van der Waals surface area contributed by atoms with E-state index >= 15 is 0 Å². The summed E-state index contributed by atoms with van der Waals surface area (Å²) in [7, 11) is 0. The van der Waals surface area contributed by atoms with Crippen molar-refractivity contribution in [2.75, 3.05) is 11.9 Å². The van der Waals surface area contributed by atoms with Crippen molar-refractivity contribution < 1.29 is 0 Å². The van der Waals surface area contributed by atoms with Gasteiger partial charge in [-0.2, -0.15) is 0 Å². The summed E-state index contributed by atoms with van der Waals surface area (Å²) < 4.78 is 0. The highest BCUT2D eigenvalue weighted by Gasteiger charge is 2.00. The molecule has 0 saturated heterocycles. The van der Waals surface area contributed by atoms with Crippen LogP contribution in [0.2, 0.25) is 0 Å².